The van der Waals surface area contributed by atoms with E-state index in [1.54, 1.807) is 0 Å². The van der Waals surface area contributed by atoms with E-state index >= 15 is 0 Å². The van der Waals surface area contributed by atoms with Crippen molar-refractivity contribution >= 4 is 11.8 Å². The molecule has 0 aromatic carbocycles. The summed E-state index contributed by atoms with van der Waals surface area (Å²) in [7, 11) is 0. The molecular weight excluding hydrogens is 170 g/mol. The summed E-state index contributed by atoms with van der Waals surface area (Å²) in [6.45, 7) is 1.02. The minimum atomic E-state index is 0.264. The Balaban J connectivity index is 2.16. The summed E-state index contributed by atoms with van der Waals surface area (Å²) in [4.78, 5) is 0. The maximum atomic E-state index is 8.65. The number of nitrogens with one attached hydrogen (secondary N) is 1. The predicted octanol–water partition coefficient (Wildman–Crippen LogP) is 1.24. The molecule has 0 bridgehead atoms. The molecule has 0 heterocycles. The van der Waals surface area contributed by atoms with Gasteiger partial charge in [0.05, 0.1) is 6.61 Å². The van der Waals surface area contributed by atoms with Gasteiger partial charge in [-0.1, -0.05) is 6.42 Å². The van der Waals surface area contributed by atoms with E-state index in [9.17, 15) is 0 Å². The van der Waals surface area contributed by atoms with Crippen LogP contribution in [0.3, 0.4) is 0 Å². The largest absolute Gasteiger partial charge is 0.395 e. The Morgan fingerprint density at radius 3 is 3.00 bits per heavy atom. The molecule has 0 aromatic rings. The van der Waals surface area contributed by atoms with Crippen LogP contribution in [0.1, 0.15) is 25.7 Å². The fourth-order valence-corrected chi connectivity index (χ4v) is 2.64. The van der Waals surface area contributed by atoms with Gasteiger partial charge in [-0.15, -0.1) is 0 Å². The van der Waals surface area contributed by atoms with Gasteiger partial charge in [0.2, 0.25) is 0 Å². The van der Waals surface area contributed by atoms with E-state index in [-0.39, 0.29) is 6.61 Å². The average Bonchev–Trinajstić information content (AvgIpc) is 2.15. The fourth-order valence-electron chi connectivity index (χ4n) is 1.81. The standard InChI is InChI=1S/C9H19NOS/c1-12-9-4-2-3-8(7-9)10-5-6-11/h8-11H,2-7H2,1H3. The second-order valence-electron chi connectivity index (χ2n) is 3.40. The molecule has 1 fully saturated rings. The number of aliphatic hydroxyl groups excluding tert-OH is 1. The summed E-state index contributed by atoms with van der Waals surface area (Å²) in [5, 5.41) is 12.9. The molecular formula is C9H19NOS. The number of rotatable bonds is 4. The zero-order chi connectivity index (χ0) is 8.81. The normalized spacial score (nSPS) is 30.5. The molecule has 0 spiro atoms. The van der Waals surface area contributed by atoms with Gasteiger partial charge >= 0.3 is 0 Å². The van der Waals surface area contributed by atoms with Crippen LogP contribution in [0.5, 0.6) is 0 Å². The first-order valence-corrected chi connectivity index (χ1v) is 6.02. The quantitative estimate of drug-likeness (QED) is 0.698. The molecule has 0 amide bonds. The topological polar surface area (TPSA) is 32.3 Å². The van der Waals surface area contributed by atoms with Gasteiger partial charge in [0.1, 0.15) is 0 Å². The second-order valence-corrected chi connectivity index (χ2v) is 4.54. The number of thioether (sulfide) groups is 1. The Morgan fingerprint density at radius 1 is 1.50 bits per heavy atom. The summed E-state index contributed by atoms with van der Waals surface area (Å²) >= 11 is 1.98. The van der Waals surface area contributed by atoms with E-state index in [4.69, 9.17) is 5.11 Å². The highest BCUT2D eigenvalue weighted by molar-refractivity contribution is 7.99. The van der Waals surface area contributed by atoms with Crippen molar-refractivity contribution in [3.8, 4) is 0 Å². The zero-order valence-corrected chi connectivity index (χ0v) is 8.57. The van der Waals surface area contributed by atoms with Crippen molar-refractivity contribution in [3.05, 3.63) is 0 Å². The molecule has 0 saturated heterocycles. The van der Waals surface area contributed by atoms with Gasteiger partial charge in [-0.25, -0.2) is 0 Å². The third-order valence-electron chi connectivity index (χ3n) is 2.50. The van der Waals surface area contributed by atoms with Crippen molar-refractivity contribution in [3.63, 3.8) is 0 Å². The molecule has 1 aliphatic rings. The van der Waals surface area contributed by atoms with Crippen molar-refractivity contribution in [2.75, 3.05) is 19.4 Å². The average molecular weight is 189 g/mol. The molecule has 2 atom stereocenters. The van der Waals surface area contributed by atoms with Crippen LogP contribution in [-0.2, 0) is 0 Å². The summed E-state index contributed by atoms with van der Waals surface area (Å²) < 4.78 is 0. The minimum Gasteiger partial charge on any atom is -0.395 e. The van der Waals surface area contributed by atoms with E-state index in [2.05, 4.69) is 11.6 Å². The summed E-state index contributed by atoms with van der Waals surface area (Å²) in [5.74, 6) is 0. The van der Waals surface area contributed by atoms with Crippen LogP contribution in [-0.4, -0.2) is 35.8 Å². The first kappa shape index (κ1) is 10.4. The number of hydrogen-bond donors (Lipinski definition) is 2. The molecule has 3 heteroatoms. The Morgan fingerprint density at radius 2 is 2.33 bits per heavy atom. The van der Waals surface area contributed by atoms with E-state index in [1.165, 1.54) is 25.7 Å². The van der Waals surface area contributed by atoms with Gasteiger partial charge in [0, 0.05) is 17.8 Å². The maximum absolute atomic E-state index is 8.65. The lowest BCUT2D eigenvalue weighted by Crippen LogP contribution is -2.36. The first-order valence-electron chi connectivity index (χ1n) is 4.74. The molecule has 2 nitrogen and oxygen atoms in total. The molecule has 0 aromatic heterocycles. The minimum absolute atomic E-state index is 0.264. The fraction of sp³-hybridized carbons (Fsp3) is 1.00. The highest BCUT2D eigenvalue weighted by Crippen LogP contribution is 2.26. The van der Waals surface area contributed by atoms with Crippen LogP contribution in [0.25, 0.3) is 0 Å². The molecule has 2 unspecified atom stereocenters. The van der Waals surface area contributed by atoms with Crippen LogP contribution in [0.4, 0.5) is 0 Å². The number of hydrogen-bond acceptors (Lipinski definition) is 3. The van der Waals surface area contributed by atoms with E-state index < -0.39 is 0 Å². The highest BCUT2D eigenvalue weighted by atomic mass is 32.2. The molecule has 1 rings (SSSR count). The van der Waals surface area contributed by atoms with Crippen LogP contribution in [0.2, 0.25) is 0 Å². The van der Waals surface area contributed by atoms with Gasteiger partial charge in [-0.2, -0.15) is 11.8 Å². The first-order chi connectivity index (χ1) is 5.86. The molecule has 0 aliphatic heterocycles. The molecule has 72 valence electrons. The Kier molecular flexibility index (Phi) is 5.04. The Bertz CT molecular complexity index is 121. The van der Waals surface area contributed by atoms with Gasteiger partial charge < -0.3 is 10.4 Å². The van der Waals surface area contributed by atoms with Gasteiger partial charge in [-0.3, -0.25) is 0 Å². The lowest BCUT2D eigenvalue weighted by Gasteiger charge is -2.28. The van der Waals surface area contributed by atoms with Crippen molar-refractivity contribution < 1.29 is 5.11 Å². The van der Waals surface area contributed by atoms with Crippen molar-refractivity contribution in [1.29, 1.82) is 0 Å². The monoisotopic (exact) mass is 189 g/mol. The molecule has 1 saturated carbocycles. The summed E-state index contributed by atoms with van der Waals surface area (Å²) in [6.07, 6.45) is 7.48. The van der Waals surface area contributed by atoms with Gasteiger partial charge in [0.15, 0.2) is 0 Å². The highest BCUT2D eigenvalue weighted by Gasteiger charge is 2.20. The predicted molar refractivity (Wildman–Crippen MR) is 54.6 cm³/mol. The Labute approximate surface area is 79.1 Å². The van der Waals surface area contributed by atoms with E-state index in [0.717, 1.165) is 11.8 Å². The van der Waals surface area contributed by atoms with Crippen LogP contribution in [0, 0.1) is 0 Å². The van der Waals surface area contributed by atoms with Crippen molar-refractivity contribution in [1.82, 2.24) is 5.32 Å². The van der Waals surface area contributed by atoms with Gasteiger partial charge in [0.25, 0.3) is 0 Å². The maximum Gasteiger partial charge on any atom is 0.0556 e. The SMILES string of the molecule is CSC1CCCC(NCCO)C1. The molecule has 12 heavy (non-hydrogen) atoms. The van der Waals surface area contributed by atoms with Crippen LogP contribution >= 0.6 is 11.8 Å². The lowest BCUT2D eigenvalue weighted by atomic mass is 9.95. The van der Waals surface area contributed by atoms with Crippen molar-refractivity contribution in [2.24, 2.45) is 0 Å². The zero-order valence-electron chi connectivity index (χ0n) is 7.75. The molecule has 0 radical (unpaired) electrons. The summed E-state index contributed by atoms with van der Waals surface area (Å²) in [5.41, 5.74) is 0. The third kappa shape index (κ3) is 3.33. The van der Waals surface area contributed by atoms with E-state index in [0.29, 0.717) is 6.04 Å². The number of aliphatic hydroxyl groups is 1. The summed E-state index contributed by atoms with van der Waals surface area (Å²) in [6, 6.07) is 0.656. The smallest absolute Gasteiger partial charge is 0.0556 e. The van der Waals surface area contributed by atoms with Crippen molar-refractivity contribution in [2.45, 2.75) is 37.0 Å². The molecule has 2 N–H and O–H groups in total. The van der Waals surface area contributed by atoms with Crippen LogP contribution < -0.4 is 5.32 Å². The van der Waals surface area contributed by atoms with Gasteiger partial charge in [-0.05, 0) is 25.5 Å². The van der Waals surface area contributed by atoms with Crippen LogP contribution in [0.15, 0.2) is 0 Å². The second kappa shape index (κ2) is 5.84. The van der Waals surface area contributed by atoms with E-state index in [1.807, 2.05) is 11.8 Å². The third-order valence-corrected chi connectivity index (χ3v) is 3.60. The Hall–Kier alpha value is 0.270. The molecule has 1 aliphatic carbocycles. The lowest BCUT2D eigenvalue weighted by molar-refractivity contribution is 0.273.